The summed E-state index contributed by atoms with van der Waals surface area (Å²) in [5.41, 5.74) is -1.01. The normalized spacial score (nSPS) is 44.3. The predicted molar refractivity (Wildman–Crippen MR) is 136 cm³/mol. The summed E-state index contributed by atoms with van der Waals surface area (Å²) in [7, 11) is 0. The van der Waals surface area contributed by atoms with Gasteiger partial charge in [-0.1, -0.05) is 34.1 Å². The van der Waals surface area contributed by atoms with Crippen LogP contribution in [-0.2, 0) is 14.3 Å². The van der Waals surface area contributed by atoms with Crippen molar-refractivity contribution >= 4 is 17.7 Å². The molecule has 0 saturated carbocycles. The first-order valence-electron chi connectivity index (χ1n) is 13.5. The van der Waals surface area contributed by atoms with Crippen molar-refractivity contribution in [3.05, 3.63) is 0 Å². The highest BCUT2D eigenvalue weighted by molar-refractivity contribution is 7.99. The smallest absolute Gasteiger partial charge is 0.240 e. The quantitative estimate of drug-likeness (QED) is 0.384. The Morgan fingerprint density at radius 1 is 1.14 bits per heavy atom. The van der Waals surface area contributed by atoms with Gasteiger partial charge in [0.15, 0.2) is 0 Å². The second-order valence-electron chi connectivity index (χ2n) is 12.2. The van der Waals surface area contributed by atoms with Crippen LogP contribution in [0, 0.1) is 23.2 Å². The van der Waals surface area contributed by atoms with Gasteiger partial charge >= 0.3 is 0 Å². The summed E-state index contributed by atoms with van der Waals surface area (Å²) in [5.74, 6) is 2.25. The molecule has 4 aliphatic heterocycles. The van der Waals surface area contributed by atoms with E-state index in [0.29, 0.717) is 24.4 Å². The molecule has 4 rings (SSSR count). The molecule has 5 N–H and O–H groups in total. The maximum absolute atomic E-state index is 13.7. The first kappa shape index (κ1) is 27.6. The third-order valence-electron chi connectivity index (χ3n) is 8.53. The Balaban J connectivity index is 1.51. The molecule has 4 heterocycles. The van der Waals surface area contributed by atoms with Crippen LogP contribution < -0.4 is 10.6 Å². The van der Waals surface area contributed by atoms with Gasteiger partial charge in [-0.2, -0.15) is 0 Å². The van der Waals surface area contributed by atoms with Crippen LogP contribution in [0.3, 0.4) is 0 Å². The molecular formula is C26H46N2O6S. The molecule has 4 aliphatic rings. The monoisotopic (exact) mass is 514 g/mol. The summed E-state index contributed by atoms with van der Waals surface area (Å²) in [6.45, 7) is 10.1. The van der Waals surface area contributed by atoms with Crippen LogP contribution in [0.1, 0.15) is 66.2 Å². The van der Waals surface area contributed by atoms with Crippen LogP contribution in [-0.4, -0.2) is 88.2 Å². The summed E-state index contributed by atoms with van der Waals surface area (Å²) >= 11 is 1.47. The highest BCUT2D eigenvalue weighted by Gasteiger charge is 2.52. The van der Waals surface area contributed by atoms with Gasteiger partial charge in [0, 0.05) is 13.2 Å². The fraction of sp³-hybridized carbons (Fsp3) is 0.962. The molecule has 0 aliphatic carbocycles. The Bertz CT molecular complexity index is 724. The number of carbonyl (C=O) groups excluding carboxylic acids is 1. The average molecular weight is 515 g/mol. The molecule has 0 spiro atoms. The number of hydrogen-bond acceptors (Lipinski definition) is 8. The lowest BCUT2D eigenvalue weighted by atomic mass is 9.74. The number of carbonyl (C=O) groups is 1. The molecule has 5 unspecified atom stereocenters. The molecule has 1 amide bonds. The zero-order chi connectivity index (χ0) is 25.3. The van der Waals surface area contributed by atoms with Crippen molar-refractivity contribution in [3.8, 4) is 0 Å². The second kappa shape index (κ2) is 11.5. The molecule has 2 bridgehead atoms. The van der Waals surface area contributed by atoms with E-state index >= 15 is 0 Å². The van der Waals surface area contributed by atoms with E-state index in [1.807, 2.05) is 0 Å². The number of ether oxygens (including phenoxy) is 2. The van der Waals surface area contributed by atoms with Crippen molar-refractivity contribution in [3.63, 3.8) is 0 Å². The van der Waals surface area contributed by atoms with E-state index in [9.17, 15) is 20.1 Å². The van der Waals surface area contributed by atoms with Gasteiger partial charge in [0.25, 0.3) is 0 Å². The summed E-state index contributed by atoms with van der Waals surface area (Å²) in [6.07, 6.45) is 1.33. The number of nitrogens with one attached hydrogen (secondary N) is 2. The van der Waals surface area contributed by atoms with E-state index in [-0.39, 0.29) is 17.4 Å². The first-order valence-corrected chi connectivity index (χ1v) is 14.6. The molecule has 9 heteroatoms. The van der Waals surface area contributed by atoms with Crippen molar-refractivity contribution in [1.29, 1.82) is 0 Å². The minimum absolute atomic E-state index is 0.143. The highest BCUT2D eigenvalue weighted by Crippen LogP contribution is 2.40. The van der Waals surface area contributed by atoms with E-state index < -0.39 is 41.9 Å². The molecular weight excluding hydrogens is 468 g/mol. The van der Waals surface area contributed by atoms with Gasteiger partial charge in [0.2, 0.25) is 5.91 Å². The summed E-state index contributed by atoms with van der Waals surface area (Å²) in [6, 6.07) is -0.973. The Hall–Kier alpha value is -0.420. The zero-order valence-electron chi connectivity index (χ0n) is 21.7. The van der Waals surface area contributed by atoms with E-state index in [2.05, 4.69) is 38.3 Å². The fourth-order valence-corrected chi connectivity index (χ4v) is 7.73. The lowest BCUT2D eigenvalue weighted by Crippen LogP contribution is -2.67. The van der Waals surface area contributed by atoms with E-state index in [1.54, 1.807) is 0 Å². The third kappa shape index (κ3) is 6.19. The van der Waals surface area contributed by atoms with Crippen LogP contribution in [0.15, 0.2) is 0 Å². The Morgan fingerprint density at radius 3 is 2.66 bits per heavy atom. The number of thioether (sulfide) groups is 1. The van der Waals surface area contributed by atoms with Gasteiger partial charge in [0.05, 0.1) is 12.1 Å². The Morgan fingerprint density at radius 2 is 1.91 bits per heavy atom. The van der Waals surface area contributed by atoms with Gasteiger partial charge in [-0.15, -0.1) is 11.8 Å². The average Bonchev–Trinajstić information content (AvgIpc) is 3.08. The van der Waals surface area contributed by atoms with E-state index in [0.717, 1.165) is 44.4 Å². The summed E-state index contributed by atoms with van der Waals surface area (Å²) in [5, 5.41) is 38.6. The zero-order valence-corrected chi connectivity index (χ0v) is 22.5. The van der Waals surface area contributed by atoms with Crippen LogP contribution in [0.4, 0.5) is 0 Å². The van der Waals surface area contributed by atoms with Crippen molar-refractivity contribution in [1.82, 2.24) is 10.6 Å². The summed E-state index contributed by atoms with van der Waals surface area (Å²) < 4.78 is 12.4. The minimum atomic E-state index is -1.32. The largest absolute Gasteiger partial charge is 0.388 e. The van der Waals surface area contributed by atoms with Gasteiger partial charge in [-0.3, -0.25) is 4.79 Å². The lowest BCUT2D eigenvalue weighted by Gasteiger charge is -2.48. The minimum Gasteiger partial charge on any atom is -0.388 e. The van der Waals surface area contributed by atoms with Gasteiger partial charge in [0.1, 0.15) is 35.9 Å². The van der Waals surface area contributed by atoms with Crippen molar-refractivity contribution in [2.75, 3.05) is 18.9 Å². The molecule has 4 saturated heterocycles. The maximum atomic E-state index is 13.7. The molecule has 35 heavy (non-hydrogen) atoms. The van der Waals surface area contributed by atoms with Crippen LogP contribution >= 0.6 is 11.8 Å². The Kier molecular flexibility index (Phi) is 9.10. The van der Waals surface area contributed by atoms with E-state index in [4.69, 9.17) is 9.47 Å². The van der Waals surface area contributed by atoms with Crippen LogP contribution in [0.5, 0.6) is 0 Å². The molecule has 0 radical (unpaired) electrons. The molecule has 8 nitrogen and oxygen atoms in total. The first-order chi connectivity index (χ1) is 16.6. The molecule has 0 aromatic carbocycles. The van der Waals surface area contributed by atoms with Crippen molar-refractivity contribution < 1.29 is 29.6 Å². The van der Waals surface area contributed by atoms with Crippen molar-refractivity contribution in [2.24, 2.45) is 23.2 Å². The topological polar surface area (TPSA) is 120 Å². The van der Waals surface area contributed by atoms with Gasteiger partial charge < -0.3 is 35.4 Å². The summed E-state index contributed by atoms with van der Waals surface area (Å²) in [4.78, 5) is 13.7. The van der Waals surface area contributed by atoms with Gasteiger partial charge in [-0.25, -0.2) is 0 Å². The number of aliphatic hydroxyl groups excluding tert-OH is 3. The lowest BCUT2D eigenvalue weighted by molar-refractivity contribution is -0.213. The molecule has 0 aromatic heterocycles. The predicted octanol–water partition coefficient (Wildman–Crippen LogP) is 1.65. The van der Waals surface area contributed by atoms with Crippen LogP contribution in [0.25, 0.3) is 0 Å². The Labute approximate surface area is 214 Å². The maximum Gasteiger partial charge on any atom is 0.240 e. The number of hydrogen-bond donors (Lipinski definition) is 5. The third-order valence-corrected chi connectivity index (χ3v) is 9.77. The molecule has 4 fully saturated rings. The number of aliphatic hydroxyl groups is 3. The number of amides is 1. The second-order valence-corrected chi connectivity index (χ2v) is 13.5. The molecule has 0 aromatic rings. The van der Waals surface area contributed by atoms with Crippen LogP contribution in [0.2, 0.25) is 0 Å². The standard InChI is InChI=1S/C26H46N2O6S/c1-14(2)11-15-7-9-33-21-16(12-15)13-27-17(21)24(32)28-23-22-19(30)18(29)20(31)25(34-22)35-10-6-5-8-26(23,3)4/h14-23,25,27,29-31H,5-13H2,1-4H3,(H,28,32)/t15-,16-,17-,18?,19?,20?,21+,22?,23-,25?/m0/s1. The van der Waals surface area contributed by atoms with Crippen molar-refractivity contribution in [2.45, 2.75) is 114 Å². The van der Waals surface area contributed by atoms with E-state index in [1.165, 1.54) is 18.2 Å². The molecule has 202 valence electrons. The fourth-order valence-electron chi connectivity index (χ4n) is 6.56. The SMILES string of the molecule is CC(C)C[C@@H]1CCO[C@@H]2[C@H](CN[C@@H]2C(=O)N[C@H]2C3OC(SCCCCC2(C)C)C(O)C(O)C3O)C1. The van der Waals surface area contributed by atoms with Gasteiger partial charge in [-0.05, 0) is 61.0 Å². The number of fused-ring (bicyclic) bond motifs is 3. The molecule has 10 atom stereocenters. The highest BCUT2D eigenvalue weighted by atomic mass is 32.2. The number of rotatable bonds is 4.